The van der Waals surface area contributed by atoms with E-state index in [1.165, 1.54) is 76.8 Å². The number of anilines is 8. The van der Waals surface area contributed by atoms with Crippen LogP contribution in [0.1, 0.15) is 7.43 Å². The van der Waals surface area contributed by atoms with E-state index in [4.69, 9.17) is 0 Å². The first-order chi connectivity index (χ1) is 40.6. The lowest BCUT2D eigenvalue weighted by Gasteiger charge is -2.27. The summed E-state index contributed by atoms with van der Waals surface area (Å²) >= 11 is 3.50. The molecule has 0 aliphatic carbocycles. The summed E-state index contributed by atoms with van der Waals surface area (Å²) in [5.74, 6) is 0. The third-order valence-corrected chi connectivity index (χ3v) is 15.9. The average molecular weight is 1130 g/mol. The van der Waals surface area contributed by atoms with Crippen molar-refractivity contribution >= 4 is 93.7 Å². The van der Waals surface area contributed by atoms with Crippen molar-refractivity contribution in [1.82, 2.24) is 0 Å². The summed E-state index contributed by atoms with van der Waals surface area (Å²) in [6, 6.07) is 119. The van der Waals surface area contributed by atoms with E-state index in [0.717, 1.165) is 50.0 Å². The molecule has 0 fully saturated rings. The lowest BCUT2D eigenvalue weighted by atomic mass is 9.99. The highest BCUT2D eigenvalue weighted by atomic mass is 79.9. The van der Waals surface area contributed by atoms with Crippen molar-refractivity contribution in [3.8, 4) is 44.5 Å². The number of hydrogen-bond acceptors (Lipinski definition) is 3. The normalized spacial score (nSPS) is 10.9. The Morgan fingerprint density at radius 2 is 0.470 bits per heavy atom. The van der Waals surface area contributed by atoms with Crippen LogP contribution in [0, 0.1) is 0 Å². The maximum absolute atomic E-state index is 3.60. The molecule has 0 aliphatic rings. The van der Waals surface area contributed by atoms with Crippen molar-refractivity contribution in [2.24, 2.45) is 0 Å². The summed E-state index contributed by atoms with van der Waals surface area (Å²) in [7, 11) is 0. The summed E-state index contributed by atoms with van der Waals surface area (Å²) in [6.07, 6.45) is 0. The van der Waals surface area contributed by atoms with Gasteiger partial charge >= 0.3 is 0 Å². The van der Waals surface area contributed by atoms with Crippen molar-refractivity contribution in [3.63, 3.8) is 0 Å². The molecule has 14 aromatic carbocycles. The zero-order valence-electron chi connectivity index (χ0n) is 45.0. The Kier molecular flexibility index (Phi) is 15.8. The summed E-state index contributed by atoms with van der Waals surface area (Å²) in [5.41, 5.74) is 18.3. The van der Waals surface area contributed by atoms with Gasteiger partial charge in [0, 0.05) is 49.4 Å². The fourth-order valence-electron chi connectivity index (χ4n) is 11.0. The first kappa shape index (κ1) is 53.4. The van der Waals surface area contributed by atoms with E-state index < -0.39 is 0 Å². The van der Waals surface area contributed by atoms with Crippen LogP contribution in [0.5, 0.6) is 0 Å². The quantitative estimate of drug-likeness (QED) is 0.132. The predicted octanol–water partition coefficient (Wildman–Crippen LogP) is 23.6. The van der Waals surface area contributed by atoms with Gasteiger partial charge in [0.25, 0.3) is 0 Å². The SMILES string of the molecule is Brc1cccc2ccccc12.C.c1ccc(N(c2ccc(-c3ccc(-c4ccc(Nc5ccc(-c6ccc(-c7ccc(N(c8ccccc8)c8cccc9ccccc89)cc7)cc6)cc5)cc4)cc3)cc2)c2cccc3ccccc23)cc1. The van der Waals surface area contributed by atoms with Crippen LogP contribution in [-0.4, -0.2) is 0 Å². The summed E-state index contributed by atoms with van der Waals surface area (Å²) in [5, 5.41) is 11.0. The minimum absolute atomic E-state index is 0. The number of hydrogen-bond donors (Lipinski definition) is 1. The molecule has 14 rings (SSSR count). The second-order valence-corrected chi connectivity index (χ2v) is 21.2. The van der Waals surface area contributed by atoms with Crippen LogP contribution in [0.15, 0.2) is 338 Å². The minimum Gasteiger partial charge on any atom is -0.356 e. The molecule has 1 N–H and O–H groups in total. The van der Waals surface area contributed by atoms with Gasteiger partial charge in [0.2, 0.25) is 0 Å². The van der Waals surface area contributed by atoms with Crippen LogP contribution in [0.3, 0.4) is 0 Å². The number of rotatable bonds is 12. The highest BCUT2D eigenvalue weighted by molar-refractivity contribution is 9.10. The fourth-order valence-corrected chi connectivity index (χ4v) is 11.5. The summed E-state index contributed by atoms with van der Waals surface area (Å²) in [4.78, 5) is 4.69. The monoisotopic (exact) mass is 1130 g/mol. The van der Waals surface area contributed by atoms with Gasteiger partial charge in [0.05, 0.1) is 11.4 Å². The van der Waals surface area contributed by atoms with Crippen LogP contribution >= 0.6 is 15.9 Å². The number of nitrogens with one attached hydrogen (secondary N) is 1. The Morgan fingerprint density at radius 3 is 0.819 bits per heavy atom. The van der Waals surface area contributed by atoms with Crippen molar-refractivity contribution in [3.05, 3.63) is 338 Å². The van der Waals surface area contributed by atoms with Crippen LogP contribution in [-0.2, 0) is 0 Å². The Hall–Kier alpha value is -10.3. The first-order valence-electron chi connectivity index (χ1n) is 27.7. The standard InChI is InChI=1S/C68H49N3.C10H7Br.CH4/c1-3-17-61(18-4-1)70(67-23-11-15-57-13-7-9-21-65(57)67)63-45-37-55(38-46-63)51-29-25-49(26-30-51)53-33-41-59(42-34-53)69-60-43-35-54(36-44-60)50-27-31-52(32-28-50)56-39-47-64(48-40-56)71(62-19-5-2-6-20-62)68-24-12-16-58-14-8-10-22-66(58)68;11-10-7-3-5-8-4-1-2-6-9(8)10;/h1-48,69H;1-7H;1H4. The van der Waals surface area contributed by atoms with Gasteiger partial charge in [-0.25, -0.2) is 0 Å². The van der Waals surface area contributed by atoms with Gasteiger partial charge < -0.3 is 15.1 Å². The highest BCUT2D eigenvalue weighted by Crippen LogP contribution is 2.42. The molecule has 0 aliphatic heterocycles. The molecular formula is C79H60BrN3. The molecule has 0 saturated heterocycles. The molecule has 0 atom stereocenters. The van der Waals surface area contributed by atoms with Crippen LogP contribution in [0.2, 0.25) is 0 Å². The molecule has 0 aromatic heterocycles. The second kappa shape index (κ2) is 24.6. The van der Waals surface area contributed by atoms with Crippen LogP contribution in [0.4, 0.5) is 45.5 Å². The molecule has 0 amide bonds. The van der Waals surface area contributed by atoms with Crippen LogP contribution < -0.4 is 15.1 Å². The first-order valence-corrected chi connectivity index (χ1v) is 28.5. The third-order valence-electron chi connectivity index (χ3n) is 15.2. The molecule has 0 heterocycles. The van der Waals surface area contributed by atoms with E-state index in [-0.39, 0.29) is 7.43 Å². The fraction of sp³-hybridized carbons (Fsp3) is 0.0127. The van der Waals surface area contributed by atoms with Gasteiger partial charge in [-0.3, -0.25) is 0 Å². The molecule has 398 valence electrons. The summed E-state index contributed by atoms with van der Waals surface area (Å²) < 4.78 is 1.16. The van der Waals surface area contributed by atoms with Crippen molar-refractivity contribution < 1.29 is 0 Å². The zero-order chi connectivity index (χ0) is 55.0. The second-order valence-electron chi connectivity index (χ2n) is 20.3. The van der Waals surface area contributed by atoms with Gasteiger partial charge in [-0.05, 0) is 157 Å². The Labute approximate surface area is 495 Å². The molecule has 83 heavy (non-hydrogen) atoms. The van der Waals surface area contributed by atoms with E-state index in [9.17, 15) is 0 Å². The van der Waals surface area contributed by atoms with Crippen molar-refractivity contribution in [1.29, 1.82) is 0 Å². The lowest BCUT2D eigenvalue weighted by Crippen LogP contribution is -2.10. The topological polar surface area (TPSA) is 18.5 Å². The molecule has 3 nitrogen and oxygen atoms in total. The molecule has 0 unspecified atom stereocenters. The van der Waals surface area contributed by atoms with Crippen molar-refractivity contribution in [2.45, 2.75) is 7.43 Å². The largest absolute Gasteiger partial charge is 0.356 e. The molecule has 0 spiro atoms. The molecule has 0 radical (unpaired) electrons. The zero-order valence-corrected chi connectivity index (χ0v) is 46.6. The van der Waals surface area contributed by atoms with Crippen molar-refractivity contribution in [2.75, 3.05) is 15.1 Å². The molecule has 0 saturated carbocycles. The Morgan fingerprint density at radius 1 is 0.217 bits per heavy atom. The van der Waals surface area contributed by atoms with Gasteiger partial charge in [-0.1, -0.05) is 266 Å². The third kappa shape index (κ3) is 11.7. The average Bonchev–Trinajstić information content (AvgIpc) is 3.66. The molecule has 0 bridgehead atoms. The van der Waals surface area contributed by atoms with Gasteiger partial charge in [-0.2, -0.15) is 0 Å². The maximum atomic E-state index is 3.60. The van der Waals surface area contributed by atoms with E-state index in [2.05, 4.69) is 353 Å². The predicted molar refractivity (Wildman–Crippen MR) is 361 cm³/mol. The number of para-hydroxylation sites is 2. The molecule has 4 heteroatoms. The Balaban J connectivity index is 0.000000506. The van der Waals surface area contributed by atoms with Gasteiger partial charge in [0.1, 0.15) is 0 Å². The number of benzene rings is 14. The van der Waals surface area contributed by atoms with E-state index in [0.29, 0.717) is 0 Å². The number of nitrogens with zero attached hydrogens (tertiary/aromatic N) is 2. The van der Waals surface area contributed by atoms with Crippen LogP contribution in [0.25, 0.3) is 76.8 Å². The van der Waals surface area contributed by atoms with E-state index in [1.54, 1.807) is 0 Å². The highest BCUT2D eigenvalue weighted by Gasteiger charge is 2.17. The number of fused-ring (bicyclic) bond motifs is 3. The smallest absolute Gasteiger partial charge is 0.0540 e. The van der Waals surface area contributed by atoms with E-state index >= 15 is 0 Å². The minimum atomic E-state index is 0. The van der Waals surface area contributed by atoms with Gasteiger partial charge in [-0.15, -0.1) is 0 Å². The molecular weight excluding hydrogens is 1070 g/mol. The lowest BCUT2D eigenvalue weighted by molar-refractivity contribution is 1.30. The Bertz CT molecular complexity index is 4160. The maximum Gasteiger partial charge on any atom is 0.0540 e. The van der Waals surface area contributed by atoms with Gasteiger partial charge in [0.15, 0.2) is 0 Å². The summed E-state index contributed by atoms with van der Waals surface area (Å²) in [6.45, 7) is 0. The molecule has 14 aromatic rings. The number of halogens is 1. The van der Waals surface area contributed by atoms with E-state index in [1.807, 2.05) is 12.1 Å².